The molecular weight excluding hydrogens is 296 g/mol. The number of hydrogen-bond donors (Lipinski definition) is 3. The zero-order valence-corrected chi connectivity index (χ0v) is 14.4. The highest BCUT2D eigenvalue weighted by atomic mass is 16.4. The number of ketones is 1. The SMILES string of the molecule is CCCCC(=O)CCCCC[CH]NC(=O)NC(C)CCC(=O)O. The molecule has 0 aliphatic carbocycles. The largest absolute Gasteiger partial charge is 0.481 e. The van der Waals surface area contributed by atoms with Crippen molar-refractivity contribution in [2.24, 2.45) is 0 Å². The van der Waals surface area contributed by atoms with Gasteiger partial charge in [-0.25, -0.2) is 4.79 Å². The van der Waals surface area contributed by atoms with Gasteiger partial charge in [-0.3, -0.25) is 9.59 Å². The molecule has 0 rings (SSSR count). The van der Waals surface area contributed by atoms with Gasteiger partial charge in [-0.05, 0) is 32.6 Å². The van der Waals surface area contributed by atoms with E-state index in [2.05, 4.69) is 17.6 Å². The van der Waals surface area contributed by atoms with Crippen LogP contribution in [0.5, 0.6) is 0 Å². The Hall–Kier alpha value is -1.59. The van der Waals surface area contributed by atoms with Gasteiger partial charge in [-0.1, -0.05) is 26.2 Å². The van der Waals surface area contributed by atoms with E-state index in [1.165, 1.54) is 0 Å². The number of carbonyl (C=O) groups excluding carboxylic acids is 2. The molecule has 0 aliphatic rings. The molecule has 1 atom stereocenters. The number of carboxylic acids is 1. The minimum atomic E-state index is -0.862. The van der Waals surface area contributed by atoms with Gasteiger partial charge in [0.25, 0.3) is 0 Å². The van der Waals surface area contributed by atoms with Crippen LogP contribution in [0.4, 0.5) is 4.79 Å². The Kier molecular flexibility index (Phi) is 13.1. The smallest absolute Gasteiger partial charge is 0.315 e. The maximum absolute atomic E-state index is 11.5. The Morgan fingerprint density at radius 2 is 1.74 bits per heavy atom. The number of carbonyl (C=O) groups is 3. The van der Waals surface area contributed by atoms with Gasteiger partial charge in [0.15, 0.2) is 0 Å². The fraction of sp³-hybridized carbons (Fsp3) is 0.765. The first-order valence-electron chi connectivity index (χ1n) is 8.57. The zero-order chi connectivity index (χ0) is 17.5. The third kappa shape index (κ3) is 15.1. The van der Waals surface area contributed by atoms with Gasteiger partial charge in [-0.15, -0.1) is 0 Å². The lowest BCUT2D eigenvalue weighted by atomic mass is 10.1. The molecule has 0 saturated heterocycles. The average molecular weight is 327 g/mol. The molecule has 6 nitrogen and oxygen atoms in total. The van der Waals surface area contributed by atoms with E-state index in [-0.39, 0.29) is 18.5 Å². The van der Waals surface area contributed by atoms with Crippen molar-refractivity contribution in [3.8, 4) is 0 Å². The monoisotopic (exact) mass is 327 g/mol. The van der Waals surface area contributed by atoms with Crippen molar-refractivity contribution in [1.82, 2.24) is 10.6 Å². The van der Waals surface area contributed by atoms with Crippen molar-refractivity contribution in [1.29, 1.82) is 0 Å². The highest BCUT2D eigenvalue weighted by Crippen LogP contribution is 2.07. The summed E-state index contributed by atoms with van der Waals surface area (Å²) in [6.45, 7) is 5.56. The van der Waals surface area contributed by atoms with E-state index in [1.54, 1.807) is 13.5 Å². The first-order valence-corrected chi connectivity index (χ1v) is 8.57. The number of aliphatic carboxylic acids is 1. The number of unbranched alkanes of at least 4 members (excludes halogenated alkanes) is 4. The van der Waals surface area contributed by atoms with Crippen LogP contribution in [0.2, 0.25) is 0 Å². The van der Waals surface area contributed by atoms with Crippen LogP contribution in [-0.4, -0.2) is 28.9 Å². The lowest BCUT2D eigenvalue weighted by Crippen LogP contribution is -2.39. The van der Waals surface area contributed by atoms with E-state index in [0.717, 1.165) is 38.5 Å². The van der Waals surface area contributed by atoms with Crippen LogP contribution >= 0.6 is 0 Å². The summed E-state index contributed by atoms with van der Waals surface area (Å²) in [4.78, 5) is 33.4. The molecule has 6 heteroatoms. The fourth-order valence-corrected chi connectivity index (χ4v) is 2.09. The molecule has 1 radical (unpaired) electrons. The second-order valence-electron chi connectivity index (χ2n) is 5.90. The summed E-state index contributed by atoms with van der Waals surface area (Å²) in [6.07, 6.45) is 7.45. The van der Waals surface area contributed by atoms with Crippen molar-refractivity contribution < 1.29 is 19.5 Å². The Morgan fingerprint density at radius 3 is 2.39 bits per heavy atom. The molecule has 2 amide bonds. The first kappa shape index (κ1) is 21.4. The topological polar surface area (TPSA) is 95.5 Å². The van der Waals surface area contributed by atoms with Gasteiger partial charge < -0.3 is 15.7 Å². The molecule has 133 valence electrons. The maximum atomic E-state index is 11.5. The molecule has 3 N–H and O–H groups in total. The maximum Gasteiger partial charge on any atom is 0.315 e. The molecule has 0 saturated carbocycles. The number of rotatable bonds is 14. The van der Waals surface area contributed by atoms with Crippen LogP contribution in [0.25, 0.3) is 0 Å². The molecule has 0 heterocycles. The van der Waals surface area contributed by atoms with E-state index >= 15 is 0 Å². The second-order valence-corrected chi connectivity index (χ2v) is 5.90. The molecule has 0 aromatic carbocycles. The third-order valence-electron chi connectivity index (χ3n) is 3.52. The van der Waals surface area contributed by atoms with Gasteiger partial charge in [-0.2, -0.15) is 0 Å². The minimum absolute atomic E-state index is 0.0438. The van der Waals surface area contributed by atoms with Crippen molar-refractivity contribution in [2.75, 3.05) is 0 Å². The standard InChI is InChI=1S/C17H31N2O4/c1-3-4-9-15(20)10-7-5-6-8-13-18-17(23)19-14(2)11-12-16(21)22/h13-14H,3-12H2,1-2H3,(H,21,22)(H2,18,19,23). The number of nitrogens with one attached hydrogen (secondary N) is 2. The summed E-state index contributed by atoms with van der Waals surface area (Å²) >= 11 is 0. The van der Waals surface area contributed by atoms with E-state index in [1.807, 2.05) is 0 Å². The fourth-order valence-electron chi connectivity index (χ4n) is 2.09. The predicted octanol–water partition coefficient (Wildman–Crippen LogP) is 3.41. The highest BCUT2D eigenvalue weighted by molar-refractivity contribution is 5.78. The molecule has 1 unspecified atom stereocenters. The van der Waals surface area contributed by atoms with Crippen molar-refractivity contribution >= 4 is 17.8 Å². The molecule has 0 aliphatic heterocycles. The normalized spacial score (nSPS) is 11.7. The third-order valence-corrected chi connectivity index (χ3v) is 3.52. The summed E-state index contributed by atoms with van der Waals surface area (Å²) in [5.41, 5.74) is 0. The second kappa shape index (κ2) is 14.0. The molecule has 0 fully saturated rings. The molecule has 0 aromatic heterocycles. The Bertz CT molecular complexity index is 359. The predicted molar refractivity (Wildman–Crippen MR) is 89.9 cm³/mol. The van der Waals surface area contributed by atoms with E-state index < -0.39 is 5.97 Å². The van der Waals surface area contributed by atoms with E-state index in [0.29, 0.717) is 25.0 Å². The Labute approximate surface area is 139 Å². The van der Waals surface area contributed by atoms with Gasteiger partial charge in [0.1, 0.15) is 5.78 Å². The Balaban J connectivity index is 3.45. The lowest BCUT2D eigenvalue weighted by molar-refractivity contribution is -0.137. The molecule has 0 bridgehead atoms. The van der Waals surface area contributed by atoms with Crippen LogP contribution in [-0.2, 0) is 9.59 Å². The van der Waals surface area contributed by atoms with Crippen LogP contribution < -0.4 is 10.6 Å². The number of hydrogen-bond acceptors (Lipinski definition) is 3. The summed E-state index contributed by atoms with van der Waals surface area (Å²) < 4.78 is 0. The summed E-state index contributed by atoms with van der Waals surface area (Å²) in [5, 5.41) is 13.9. The van der Waals surface area contributed by atoms with E-state index in [9.17, 15) is 14.4 Å². The van der Waals surface area contributed by atoms with Crippen molar-refractivity contribution in [2.45, 2.75) is 84.1 Å². The van der Waals surface area contributed by atoms with Crippen LogP contribution in [0.15, 0.2) is 0 Å². The van der Waals surface area contributed by atoms with Gasteiger partial charge >= 0.3 is 12.0 Å². The number of urea groups is 1. The lowest BCUT2D eigenvalue weighted by Gasteiger charge is -2.13. The summed E-state index contributed by atoms with van der Waals surface area (Å²) in [5.74, 6) is -0.512. The van der Waals surface area contributed by atoms with Gasteiger partial charge in [0.05, 0.1) is 6.54 Å². The molecule has 0 spiro atoms. The Morgan fingerprint density at radius 1 is 1.04 bits per heavy atom. The molecular formula is C17H31N2O4. The summed E-state index contributed by atoms with van der Waals surface area (Å²) in [7, 11) is 0. The van der Waals surface area contributed by atoms with Crippen molar-refractivity contribution in [3.05, 3.63) is 6.54 Å². The summed E-state index contributed by atoms with van der Waals surface area (Å²) in [6, 6.07) is -0.480. The first-order chi connectivity index (χ1) is 11.0. The number of carboxylic acid groups (broad SMARTS) is 1. The van der Waals surface area contributed by atoms with Crippen molar-refractivity contribution in [3.63, 3.8) is 0 Å². The highest BCUT2D eigenvalue weighted by Gasteiger charge is 2.08. The van der Waals surface area contributed by atoms with Crippen LogP contribution in [0.1, 0.15) is 78.1 Å². The number of amides is 2. The van der Waals surface area contributed by atoms with Crippen LogP contribution in [0.3, 0.4) is 0 Å². The minimum Gasteiger partial charge on any atom is -0.481 e. The molecule has 23 heavy (non-hydrogen) atoms. The zero-order valence-electron chi connectivity index (χ0n) is 14.4. The average Bonchev–Trinajstić information content (AvgIpc) is 2.49. The number of Topliss-reactive ketones (excluding diaryl/α,β-unsaturated/α-hetero) is 1. The van der Waals surface area contributed by atoms with Gasteiger partial charge in [0.2, 0.25) is 0 Å². The molecule has 0 aromatic rings. The quantitative estimate of drug-likeness (QED) is 0.426. The van der Waals surface area contributed by atoms with Crippen LogP contribution in [0, 0.1) is 6.54 Å². The van der Waals surface area contributed by atoms with Gasteiger partial charge in [0, 0.05) is 25.3 Å². The van der Waals surface area contributed by atoms with E-state index in [4.69, 9.17) is 5.11 Å².